The summed E-state index contributed by atoms with van der Waals surface area (Å²) in [4.78, 5) is 19.5. The summed E-state index contributed by atoms with van der Waals surface area (Å²) in [5.74, 6) is -1.67. The molecule has 0 aliphatic carbocycles. The van der Waals surface area contributed by atoms with Gasteiger partial charge in [0, 0.05) is 6.54 Å². The molecule has 0 rings (SSSR count). The van der Waals surface area contributed by atoms with Gasteiger partial charge in [0.25, 0.3) is 12.1 Å². The second-order valence-corrected chi connectivity index (χ2v) is 5.46. The maximum absolute atomic E-state index is 12.3. The van der Waals surface area contributed by atoms with Crippen molar-refractivity contribution >= 4 is 14.9 Å². The Morgan fingerprint density at radius 3 is 2.47 bits per heavy atom. The number of alkyl halides is 4. The van der Waals surface area contributed by atoms with Crippen molar-refractivity contribution in [1.29, 1.82) is 0 Å². The van der Waals surface area contributed by atoms with Crippen molar-refractivity contribution < 1.29 is 27.2 Å². The van der Waals surface area contributed by atoms with Crippen LogP contribution in [0, 0.1) is 0 Å². The van der Waals surface area contributed by atoms with E-state index in [0.717, 1.165) is 0 Å². The molecule has 0 radical (unpaired) electrons. The zero-order valence-electron chi connectivity index (χ0n) is 8.14. The van der Waals surface area contributed by atoms with Gasteiger partial charge in [-0.05, 0) is 19.0 Å². The van der Waals surface area contributed by atoms with Crippen LogP contribution < -0.4 is 5.32 Å². The second kappa shape index (κ2) is 6.06. The van der Waals surface area contributed by atoms with Gasteiger partial charge in [0.15, 0.2) is 9.04 Å². The maximum Gasteiger partial charge on any atom is 0.428 e. The van der Waals surface area contributed by atoms with E-state index in [9.17, 15) is 22.4 Å². The average molecular weight is 247 g/mol. The summed E-state index contributed by atoms with van der Waals surface area (Å²) < 4.78 is 47.3. The molecule has 0 heterocycles. The number of hydrogen-bond donors (Lipinski definition) is 2. The highest BCUT2D eigenvalue weighted by molar-refractivity contribution is 6.48. The lowest BCUT2D eigenvalue weighted by Gasteiger charge is -2.12. The van der Waals surface area contributed by atoms with Gasteiger partial charge in [0.2, 0.25) is 0 Å². The molecule has 0 aliphatic heterocycles. The summed E-state index contributed by atoms with van der Waals surface area (Å²) in [5, 5.41) is 1.82. The van der Waals surface area contributed by atoms with Gasteiger partial charge in [-0.2, -0.15) is 13.2 Å². The maximum atomic E-state index is 12.3. The molecule has 0 bridgehead atoms. The molecule has 8 heteroatoms. The molecule has 0 aliphatic rings. The van der Waals surface area contributed by atoms with Gasteiger partial charge in [-0.15, -0.1) is 0 Å². The first-order chi connectivity index (χ1) is 6.75. The normalized spacial score (nSPS) is 15.9. The molecule has 0 aromatic carbocycles. The van der Waals surface area contributed by atoms with E-state index in [1.54, 1.807) is 6.55 Å². The van der Waals surface area contributed by atoms with Crippen LogP contribution in [-0.2, 0) is 4.79 Å². The summed E-state index contributed by atoms with van der Waals surface area (Å²) in [5.41, 5.74) is 0. The van der Waals surface area contributed by atoms with Crippen LogP contribution in [0.15, 0.2) is 0 Å². The Bertz CT molecular complexity index is 210. The van der Waals surface area contributed by atoms with Gasteiger partial charge in [0.05, 0.1) is 0 Å². The standard InChI is InChI=1S/C7H13F4NO2Si/c1-15(14)4-2-3-12-6(13)5(8)7(9,10)11/h5,14-15H,2-4H2,1H3,(H,12,13). The minimum Gasteiger partial charge on any atom is -0.435 e. The first kappa shape index (κ1) is 14.4. The van der Waals surface area contributed by atoms with Gasteiger partial charge in [-0.1, -0.05) is 0 Å². The SMILES string of the molecule is C[SiH](O)CCCNC(=O)C(F)C(F)(F)F. The Hall–Kier alpha value is -0.633. The molecule has 0 aromatic heterocycles. The number of nitrogens with one attached hydrogen (secondary N) is 1. The van der Waals surface area contributed by atoms with Gasteiger partial charge in [0.1, 0.15) is 0 Å². The molecular weight excluding hydrogens is 234 g/mol. The lowest BCUT2D eigenvalue weighted by atomic mass is 10.3. The molecule has 0 aromatic rings. The Morgan fingerprint density at radius 2 is 2.07 bits per heavy atom. The number of rotatable bonds is 5. The van der Waals surface area contributed by atoms with Crippen molar-refractivity contribution in [3.8, 4) is 0 Å². The minimum atomic E-state index is -5.15. The summed E-state index contributed by atoms with van der Waals surface area (Å²) in [6.07, 6.45) is -8.26. The van der Waals surface area contributed by atoms with Crippen molar-refractivity contribution in [1.82, 2.24) is 5.32 Å². The Morgan fingerprint density at radius 1 is 1.53 bits per heavy atom. The summed E-state index contributed by atoms with van der Waals surface area (Å²) >= 11 is 0. The molecule has 2 atom stereocenters. The summed E-state index contributed by atoms with van der Waals surface area (Å²) in [7, 11) is -1.76. The van der Waals surface area contributed by atoms with Crippen molar-refractivity contribution in [2.24, 2.45) is 0 Å². The fourth-order valence-electron chi connectivity index (χ4n) is 0.847. The molecule has 0 fully saturated rings. The number of carbonyl (C=O) groups excluding carboxylic acids is 1. The summed E-state index contributed by atoms with van der Waals surface area (Å²) in [6, 6.07) is 0.475. The molecule has 15 heavy (non-hydrogen) atoms. The van der Waals surface area contributed by atoms with E-state index >= 15 is 0 Å². The second-order valence-electron chi connectivity index (χ2n) is 3.19. The first-order valence-corrected chi connectivity index (χ1v) is 6.90. The third-order valence-electron chi connectivity index (χ3n) is 1.62. The number of amides is 1. The Kier molecular flexibility index (Phi) is 5.80. The number of hydrogen-bond acceptors (Lipinski definition) is 2. The number of carbonyl (C=O) groups is 1. The van der Waals surface area contributed by atoms with Crippen molar-refractivity contribution in [3.63, 3.8) is 0 Å². The average Bonchev–Trinajstić information content (AvgIpc) is 2.09. The molecule has 90 valence electrons. The molecule has 0 spiro atoms. The summed E-state index contributed by atoms with van der Waals surface area (Å²) in [6.45, 7) is 1.60. The van der Waals surface area contributed by atoms with Gasteiger partial charge in [-0.25, -0.2) is 4.39 Å². The topological polar surface area (TPSA) is 49.3 Å². The van der Waals surface area contributed by atoms with Crippen molar-refractivity contribution in [2.75, 3.05) is 6.54 Å². The molecule has 3 nitrogen and oxygen atoms in total. The van der Waals surface area contributed by atoms with Crippen LogP contribution >= 0.6 is 0 Å². The lowest BCUT2D eigenvalue weighted by Crippen LogP contribution is -2.41. The van der Waals surface area contributed by atoms with E-state index in [4.69, 9.17) is 4.80 Å². The molecule has 0 saturated carbocycles. The largest absolute Gasteiger partial charge is 0.435 e. The fraction of sp³-hybridized carbons (Fsp3) is 0.857. The molecule has 1 amide bonds. The third-order valence-corrected chi connectivity index (χ3v) is 2.86. The van der Waals surface area contributed by atoms with Crippen molar-refractivity contribution in [3.05, 3.63) is 0 Å². The third kappa shape index (κ3) is 6.45. The minimum absolute atomic E-state index is 0.0484. The van der Waals surface area contributed by atoms with E-state index in [1.165, 1.54) is 0 Å². The van der Waals surface area contributed by atoms with E-state index < -0.39 is 27.3 Å². The van der Waals surface area contributed by atoms with Crippen molar-refractivity contribution in [2.45, 2.75) is 31.4 Å². The predicted octanol–water partition coefficient (Wildman–Crippen LogP) is 0.739. The van der Waals surface area contributed by atoms with Crippen LogP contribution in [0.25, 0.3) is 0 Å². The van der Waals surface area contributed by atoms with Gasteiger partial charge < -0.3 is 10.1 Å². The van der Waals surface area contributed by atoms with E-state index in [-0.39, 0.29) is 6.54 Å². The number of halogens is 4. The zero-order valence-corrected chi connectivity index (χ0v) is 9.30. The molecule has 2 unspecified atom stereocenters. The Labute approximate surface area is 86.2 Å². The zero-order chi connectivity index (χ0) is 12.1. The van der Waals surface area contributed by atoms with Gasteiger partial charge >= 0.3 is 6.18 Å². The monoisotopic (exact) mass is 247 g/mol. The smallest absolute Gasteiger partial charge is 0.428 e. The van der Waals surface area contributed by atoms with Crippen LogP contribution in [0.5, 0.6) is 0 Å². The van der Waals surface area contributed by atoms with E-state index in [0.29, 0.717) is 12.5 Å². The first-order valence-electron chi connectivity index (χ1n) is 4.41. The highest BCUT2D eigenvalue weighted by atomic mass is 28.3. The predicted molar refractivity (Wildman–Crippen MR) is 48.6 cm³/mol. The van der Waals surface area contributed by atoms with E-state index in [2.05, 4.69) is 0 Å². The highest BCUT2D eigenvalue weighted by Crippen LogP contribution is 2.22. The lowest BCUT2D eigenvalue weighted by molar-refractivity contribution is -0.186. The quantitative estimate of drug-likeness (QED) is 0.427. The molecular formula is C7H13F4NO2Si. The van der Waals surface area contributed by atoms with Crippen LogP contribution in [0.1, 0.15) is 6.42 Å². The van der Waals surface area contributed by atoms with E-state index in [1.807, 2.05) is 5.32 Å². The highest BCUT2D eigenvalue weighted by Gasteiger charge is 2.45. The van der Waals surface area contributed by atoms with Crippen LogP contribution in [0.3, 0.4) is 0 Å². The van der Waals surface area contributed by atoms with Gasteiger partial charge in [-0.3, -0.25) is 4.79 Å². The molecule has 0 saturated heterocycles. The fourth-order valence-corrected chi connectivity index (χ4v) is 1.64. The Balaban J connectivity index is 3.75. The van der Waals surface area contributed by atoms with Crippen LogP contribution in [-0.4, -0.2) is 38.6 Å². The molecule has 2 N–H and O–H groups in total. The van der Waals surface area contributed by atoms with Crippen LogP contribution in [0.4, 0.5) is 17.6 Å². The van der Waals surface area contributed by atoms with Crippen LogP contribution in [0.2, 0.25) is 12.6 Å².